The summed E-state index contributed by atoms with van der Waals surface area (Å²) in [5.74, 6) is 2.92. The van der Waals surface area contributed by atoms with E-state index in [0.29, 0.717) is 10.9 Å². The van der Waals surface area contributed by atoms with Gasteiger partial charge in [-0.15, -0.1) is 0 Å². The second-order valence-corrected chi connectivity index (χ2v) is 5.53. The Bertz CT molecular complexity index is 820. The molecule has 0 radical (unpaired) electrons. The van der Waals surface area contributed by atoms with Crippen LogP contribution in [0.1, 0.15) is 18.2 Å². The number of pyridine rings is 1. The molecule has 1 saturated heterocycles. The molecule has 5 nitrogen and oxygen atoms in total. The zero-order valence-corrected chi connectivity index (χ0v) is 13.2. The molecular weight excluding hydrogens is 350 g/mol. The molecule has 3 atom stereocenters. The topological polar surface area (TPSA) is 71.7 Å². The molecule has 0 unspecified atom stereocenters. The van der Waals surface area contributed by atoms with Gasteiger partial charge in [0.1, 0.15) is 12.3 Å². The average Bonchev–Trinajstić information content (AvgIpc) is 2.91. The molecule has 114 valence electrons. The third kappa shape index (κ3) is 2.57. The third-order valence-electron chi connectivity index (χ3n) is 3.83. The predicted octanol–water partition coefficient (Wildman–Crippen LogP) is 1.35. The predicted molar refractivity (Wildman–Crippen MR) is 85.6 cm³/mol. The number of halogens is 1. The number of hydrogen-bond donors (Lipinski definition) is 2. The minimum Gasteiger partial charge on any atom is -0.394 e. The lowest BCUT2D eigenvalue weighted by molar-refractivity contribution is -0.0453. The van der Waals surface area contributed by atoms with Crippen LogP contribution < -0.4 is 5.56 Å². The van der Waals surface area contributed by atoms with Gasteiger partial charge in [0, 0.05) is 44.9 Å². The zero-order valence-electron chi connectivity index (χ0n) is 11.6. The SMILES string of the molecule is O=c1c2ccccc2c(C#CBr)cn1[C@H]1C[C@H](O)[C@@H](CO)O1. The van der Waals surface area contributed by atoms with Crippen LogP contribution >= 0.6 is 15.9 Å². The first-order valence-electron chi connectivity index (χ1n) is 6.85. The number of rotatable bonds is 2. The van der Waals surface area contributed by atoms with Crippen molar-refractivity contribution in [3.05, 3.63) is 46.4 Å². The maximum atomic E-state index is 12.7. The number of ether oxygens (including phenoxy) is 1. The quantitative estimate of drug-likeness (QED) is 0.790. The second kappa shape index (κ2) is 6.23. The summed E-state index contributed by atoms with van der Waals surface area (Å²) in [7, 11) is 0. The van der Waals surface area contributed by atoms with Crippen molar-refractivity contribution in [1.29, 1.82) is 0 Å². The summed E-state index contributed by atoms with van der Waals surface area (Å²) in [6, 6.07) is 7.22. The summed E-state index contributed by atoms with van der Waals surface area (Å²) in [5, 5.41) is 20.4. The summed E-state index contributed by atoms with van der Waals surface area (Å²) in [5.41, 5.74) is 0.490. The molecule has 0 spiro atoms. The van der Waals surface area contributed by atoms with Crippen molar-refractivity contribution in [3.63, 3.8) is 0 Å². The largest absolute Gasteiger partial charge is 0.394 e. The summed E-state index contributed by atoms with van der Waals surface area (Å²) < 4.78 is 7.01. The fourth-order valence-electron chi connectivity index (χ4n) is 2.73. The van der Waals surface area contributed by atoms with Crippen molar-refractivity contribution in [3.8, 4) is 10.8 Å². The summed E-state index contributed by atoms with van der Waals surface area (Å²) >= 11 is 3.08. The molecular formula is C16H14BrNO4. The van der Waals surface area contributed by atoms with Gasteiger partial charge in [-0.2, -0.15) is 0 Å². The van der Waals surface area contributed by atoms with Gasteiger partial charge < -0.3 is 14.9 Å². The maximum Gasteiger partial charge on any atom is 0.260 e. The monoisotopic (exact) mass is 363 g/mol. The Morgan fingerprint density at radius 3 is 2.73 bits per heavy atom. The number of aromatic nitrogens is 1. The minimum atomic E-state index is -0.793. The zero-order chi connectivity index (χ0) is 15.7. The average molecular weight is 364 g/mol. The van der Waals surface area contributed by atoms with Crippen LogP contribution in [0.5, 0.6) is 0 Å². The first-order chi connectivity index (χ1) is 10.7. The van der Waals surface area contributed by atoms with Crippen molar-refractivity contribution in [2.75, 3.05) is 6.61 Å². The molecule has 2 heterocycles. The number of hydrogen-bond acceptors (Lipinski definition) is 4. The van der Waals surface area contributed by atoms with Gasteiger partial charge >= 0.3 is 0 Å². The lowest BCUT2D eigenvalue weighted by Crippen LogP contribution is -2.26. The Morgan fingerprint density at radius 1 is 1.36 bits per heavy atom. The molecule has 1 aromatic carbocycles. The lowest BCUT2D eigenvalue weighted by atomic mass is 10.1. The Hall–Kier alpha value is -1.65. The molecule has 1 fully saturated rings. The van der Waals surface area contributed by atoms with Crippen LogP contribution in [0.15, 0.2) is 35.3 Å². The van der Waals surface area contributed by atoms with Gasteiger partial charge in [0.2, 0.25) is 0 Å². The van der Waals surface area contributed by atoms with Crippen molar-refractivity contribution < 1.29 is 14.9 Å². The standard InChI is InChI=1S/C16H14BrNO4/c17-6-5-10-8-18(15-7-13(20)14(9-19)22-15)16(21)12-4-2-1-3-11(10)12/h1-4,8,13-15,19-20H,7,9H2/t13-,14+,15+/m0/s1. The fourth-order valence-corrected chi connectivity index (χ4v) is 2.94. The van der Waals surface area contributed by atoms with Gasteiger partial charge in [0.25, 0.3) is 5.56 Å². The van der Waals surface area contributed by atoms with E-state index in [0.717, 1.165) is 5.39 Å². The van der Waals surface area contributed by atoms with E-state index in [2.05, 4.69) is 26.7 Å². The smallest absolute Gasteiger partial charge is 0.260 e. The molecule has 0 amide bonds. The van der Waals surface area contributed by atoms with Gasteiger partial charge in [0.05, 0.1) is 12.7 Å². The van der Waals surface area contributed by atoms with Crippen LogP contribution in [0.3, 0.4) is 0 Å². The normalized spacial score (nSPS) is 24.2. The van der Waals surface area contributed by atoms with E-state index in [1.54, 1.807) is 18.3 Å². The first kappa shape index (κ1) is 15.3. The van der Waals surface area contributed by atoms with Gasteiger partial charge in [-0.25, -0.2) is 0 Å². The second-order valence-electron chi connectivity index (χ2n) is 5.14. The molecule has 1 aliphatic rings. The van der Waals surface area contributed by atoms with Gasteiger partial charge in [0.15, 0.2) is 0 Å². The Balaban J connectivity index is 2.16. The van der Waals surface area contributed by atoms with Crippen LogP contribution in [0.25, 0.3) is 10.8 Å². The fraction of sp³-hybridized carbons (Fsp3) is 0.312. The Kier molecular flexibility index (Phi) is 4.32. The highest BCUT2D eigenvalue weighted by atomic mass is 79.9. The number of aliphatic hydroxyl groups excluding tert-OH is 2. The molecule has 2 aromatic rings. The van der Waals surface area contributed by atoms with E-state index in [9.17, 15) is 15.0 Å². The number of nitrogens with zero attached hydrogens (tertiary/aromatic N) is 1. The summed E-state index contributed by atoms with van der Waals surface area (Å²) in [6.07, 6.45) is -0.186. The third-order valence-corrected chi connectivity index (χ3v) is 4.02. The summed E-state index contributed by atoms with van der Waals surface area (Å²) in [6.45, 7) is -0.284. The van der Waals surface area contributed by atoms with Gasteiger partial charge in [-0.1, -0.05) is 24.1 Å². The first-order valence-corrected chi connectivity index (χ1v) is 7.65. The van der Waals surface area contributed by atoms with Crippen LogP contribution in [0, 0.1) is 10.8 Å². The van der Waals surface area contributed by atoms with Gasteiger partial charge in [-0.05, 0) is 10.9 Å². The van der Waals surface area contributed by atoms with Crippen LogP contribution in [-0.2, 0) is 4.74 Å². The Morgan fingerprint density at radius 2 is 2.09 bits per heavy atom. The number of aliphatic hydroxyl groups is 2. The molecule has 22 heavy (non-hydrogen) atoms. The van der Waals surface area contributed by atoms with E-state index in [-0.39, 0.29) is 18.6 Å². The van der Waals surface area contributed by atoms with Crippen LogP contribution in [-0.4, -0.2) is 33.6 Å². The van der Waals surface area contributed by atoms with Crippen molar-refractivity contribution in [1.82, 2.24) is 4.57 Å². The van der Waals surface area contributed by atoms with Crippen molar-refractivity contribution >= 4 is 26.7 Å². The van der Waals surface area contributed by atoms with Crippen molar-refractivity contribution in [2.24, 2.45) is 0 Å². The van der Waals surface area contributed by atoms with Crippen LogP contribution in [0.2, 0.25) is 0 Å². The van der Waals surface area contributed by atoms with Crippen molar-refractivity contribution in [2.45, 2.75) is 24.9 Å². The minimum absolute atomic E-state index is 0.202. The summed E-state index contributed by atoms with van der Waals surface area (Å²) in [4.78, 5) is 15.3. The van der Waals surface area contributed by atoms with E-state index < -0.39 is 18.4 Å². The van der Waals surface area contributed by atoms with E-state index in [1.807, 2.05) is 12.1 Å². The highest BCUT2D eigenvalue weighted by Gasteiger charge is 2.35. The highest BCUT2D eigenvalue weighted by Crippen LogP contribution is 2.28. The molecule has 0 aliphatic carbocycles. The van der Waals surface area contributed by atoms with Crippen LogP contribution in [0.4, 0.5) is 0 Å². The van der Waals surface area contributed by atoms with E-state index in [4.69, 9.17) is 4.74 Å². The molecule has 1 aliphatic heterocycles. The lowest BCUT2D eigenvalue weighted by Gasteiger charge is -2.16. The van der Waals surface area contributed by atoms with Gasteiger partial charge in [-0.3, -0.25) is 9.36 Å². The molecule has 1 aromatic heterocycles. The Labute approximate surface area is 135 Å². The molecule has 0 bridgehead atoms. The van der Waals surface area contributed by atoms with E-state index in [1.165, 1.54) is 4.57 Å². The number of fused-ring (bicyclic) bond motifs is 1. The number of benzene rings is 1. The molecule has 0 saturated carbocycles. The molecule has 2 N–H and O–H groups in total. The highest BCUT2D eigenvalue weighted by molar-refractivity contribution is 9.12. The maximum absolute atomic E-state index is 12.7. The van der Waals surface area contributed by atoms with E-state index >= 15 is 0 Å². The molecule has 6 heteroatoms. The molecule has 3 rings (SSSR count).